The number of anilines is 1. The van der Waals surface area contributed by atoms with E-state index in [9.17, 15) is 22.8 Å². The van der Waals surface area contributed by atoms with Crippen molar-refractivity contribution in [2.24, 2.45) is 0 Å². The van der Waals surface area contributed by atoms with E-state index in [1.807, 2.05) is 30.3 Å². The summed E-state index contributed by atoms with van der Waals surface area (Å²) in [5, 5.41) is 5.19. The second-order valence-electron chi connectivity index (χ2n) is 7.80. The third-order valence-electron chi connectivity index (χ3n) is 5.51. The Labute approximate surface area is 186 Å². The van der Waals surface area contributed by atoms with E-state index in [0.717, 1.165) is 23.3 Å². The third-order valence-corrected chi connectivity index (χ3v) is 7.41. The Morgan fingerprint density at radius 2 is 1.75 bits per heavy atom. The highest BCUT2D eigenvalue weighted by atomic mass is 32.2. The van der Waals surface area contributed by atoms with Gasteiger partial charge in [-0.25, -0.2) is 13.2 Å². The second kappa shape index (κ2) is 9.09. The number of urea groups is 1. The van der Waals surface area contributed by atoms with Gasteiger partial charge in [-0.05, 0) is 36.6 Å². The topological polar surface area (TPSA) is 116 Å². The highest BCUT2D eigenvalue weighted by molar-refractivity contribution is 7.89. The molecule has 2 aliphatic rings. The predicted octanol–water partition coefficient (Wildman–Crippen LogP) is 1.57. The molecule has 2 N–H and O–H groups in total. The van der Waals surface area contributed by atoms with E-state index < -0.39 is 40.5 Å². The molecule has 1 atom stereocenters. The molecule has 2 aromatic carbocycles. The standard InChI is InChI=1S/C22H24N4O5S/c27-20(15-26-21(28)19(24-22(26)29)13-16-7-2-1-3-8-16)23-17-9-6-10-18(14-17)32(30,31)25-11-4-5-12-25/h1-3,6-10,14,19H,4-5,11-13,15H2,(H,23,27)(H,24,29)/t19-/m1/s1. The average Bonchev–Trinajstić information content (AvgIpc) is 3.41. The maximum absolute atomic E-state index is 12.7. The molecule has 0 aromatic heterocycles. The average molecular weight is 457 g/mol. The first-order valence-electron chi connectivity index (χ1n) is 10.4. The SMILES string of the molecule is O=C(CN1C(=O)N[C@H](Cc2ccccc2)C1=O)Nc1cccc(S(=O)(=O)N2CCCC2)c1. The number of amides is 4. The largest absolute Gasteiger partial charge is 0.325 e. The molecule has 4 amide bonds. The molecule has 0 bridgehead atoms. The van der Waals surface area contributed by atoms with Crippen LogP contribution in [0, 0.1) is 0 Å². The maximum atomic E-state index is 12.7. The number of hydrogen-bond acceptors (Lipinski definition) is 5. The first-order valence-corrected chi connectivity index (χ1v) is 11.8. The molecular weight excluding hydrogens is 432 g/mol. The summed E-state index contributed by atoms with van der Waals surface area (Å²) in [5.74, 6) is -1.07. The summed E-state index contributed by atoms with van der Waals surface area (Å²) in [6, 6.07) is 13.9. The van der Waals surface area contributed by atoms with Crippen molar-refractivity contribution in [2.45, 2.75) is 30.2 Å². The summed E-state index contributed by atoms with van der Waals surface area (Å²) >= 11 is 0. The van der Waals surface area contributed by atoms with Crippen molar-refractivity contribution < 1.29 is 22.8 Å². The molecule has 2 saturated heterocycles. The van der Waals surface area contributed by atoms with Crippen molar-refractivity contribution >= 4 is 33.6 Å². The molecule has 32 heavy (non-hydrogen) atoms. The fourth-order valence-electron chi connectivity index (χ4n) is 3.87. The lowest BCUT2D eigenvalue weighted by molar-refractivity contribution is -0.130. The van der Waals surface area contributed by atoms with Crippen LogP contribution in [0.25, 0.3) is 0 Å². The van der Waals surface area contributed by atoms with Gasteiger partial charge in [0.25, 0.3) is 5.91 Å². The summed E-state index contributed by atoms with van der Waals surface area (Å²) < 4.78 is 26.9. The Hall–Kier alpha value is -3.24. The second-order valence-corrected chi connectivity index (χ2v) is 9.74. The van der Waals surface area contributed by atoms with Gasteiger partial charge in [0.1, 0.15) is 12.6 Å². The number of carbonyl (C=O) groups excluding carboxylic acids is 3. The minimum atomic E-state index is -3.62. The summed E-state index contributed by atoms with van der Waals surface area (Å²) in [4.78, 5) is 38.3. The molecule has 9 nitrogen and oxygen atoms in total. The lowest BCUT2D eigenvalue weighted by atomic mass is 10.1. The fraction of sp³-hybridized carbons (Fsp3) is 0.318. The molecule has 2 fully saturated rings. The quantitative estimate of drug-likeness (QED) is 0.614. The lowest BCUT2D eigenvalue weighted by Crippen LogP contribution is -2.38. The van der Waals surface area contributed by atoms with E-state index in [1.54, 1.807) is 12.1 Å². The number of nitrogens with zero attached hydrogens (tertiary/aromatic N) is 2. The molecule has 0 radical (unpaired) electrons. The number of sulfonamides is 1. The smallest absolute Gasteiger partial charge is 0.325 e. The first-order chi connectivity index (χ1) is 15.3. The van der Waals surface area contributed by atoms with Gasteiger partial charge in [-0.15, -0.1) is 0 Å². The van der Waals surface area contributed by atoms with E-state index in [1.165, 1.54) is 16.4 Å². The zero-order chi connectivity index (χ0) is 22.7. The van der Waals surface area contributed by atoms with Gasteiger partial charge in [-0.2, -0.15) is 4.31 Å². The highest BCUT2D eigenvalue weighted by Gasteiger charge is 2.39. The number of benzene rings is 2. The van der Waals surface area contributed by atoms with Crippen molar-refractivity contribution in [3.8, 4) is 0 Å². The zero-order valence-electron chi connectivity index (χ0n) is 17.4. The lowest BCUT2D eigenvalue weighted by Gasteiger charge is -2.17. The summed E-state index contributed by atoms with van der Waals surface area (Å²) in [5.41, 5.74) is 1.18. The van der Waals surface area contributed by atoms with Gasteiger partial charge in [0.2, 0.25) is 15.9 Å². The van der Waals surface area contributed by atoms with Crippen molar-refractivity contribution in [1.82, 2.24) is 14.5 Å². The molecule has 0 spiro atoms. The molecular formula is C22H24N4O5S. The number of hydrogen-bond donors (Lipinski definition) is 2. The Morgan fingerprint density at radius 3 is 2.47 bits per heavy atom. The summed E-state index contributed by atoms with van der Waals surface area (Å²) in [7, 11) is -3.62. The minimum absolute atomic E-state index is 0.0927. The number of carbonyl (C=O) groups is 3. The van der Waals surface area contributed by atoms with Crippen LogP contribution in [0.2, 0.25) is 0 Å². The summed E-state index contributed by atoms with van der Waals surface area (Å²) in [6.07, 6.45) is 1.99. The molecule has 2 aromatic rings. The normalized spacial score (nSPS) is 19.2. The van der Waals surface area contributed by atoms with Gasteiger partial charge >= 0.3 is 6.03 Å². The molecule has 2 aliphatic heterocycles. The van der Waals surface area contributed by atoms with E-state index in [-0.39, 0.29) is 10.6 Å². The molecule has 0 saturated carbocycles. The molecule has 0 unspecified atom stereocenters. The van der Waals surface area contributed by atoms with Crippen molar-refractivity contribution in [1.29, 1.82) is 0 Å². The van der Waals surface area contributed by atoms with Crippen LogP contribution in [0.3, 0.4) is 0 Å². The van der Waals surface area contributed by atoms with Crippen molar-refractivity contribution in [2.75, 3.05) is 25.0 Å². The molecule has 168 valence electrons. The van der Waals surface area contributed by atoms with Gasteiger partial charge in [-0.1, -0.05) is 36.4 Å². The van der Waals surface area contributed by atoms with E-state index in [4.69, 9.17) is 0 Å². The number of rotatable bonds is 7. The van der Waals surface area contributed by atoms with Crippen molar-refractivity contribution in [3.05, 3.63) is 60.2 Å². The Kier molecular flexibility index (Phi) is 6.24. The van der Waals surface area contributed by atoms with E-state index in [2.05, 4.69) is 10.6 Å². The summed E-state index contributed by atoms with van der Waals surface area (Å²) in [6.45, 7) is 0.504. The van der Waals surface area contributed by atoms with E-state index >= 15 is 0 Å². The van der Waals surface area contributed by atoms with Crippen LogP contribution in [0.15, 0.2) is 59.5 Å². The van der Waals surface area contributed by atoms with Gasteiger partial charge < -0.3 is 10.6 Å². The Bertz CT molecular complexity index is 1130. The molecule has 10 heteroatoms. The number of nitrogens with one attached hydrogen (secondary N) is 2. The molecule has 4 rings (SSSR count). The Morgan fingerprint density at radius 1 is 1.03 bits per heavy atom. The molecule has 0 aliphatic carbocycles. The fourth-order valence-corrected chi connectivity index (χ4v) is 5.43. The number of imide groups is 1. The van der Waals surface area contributed by atoms with Crippen LogP contribution in [0.5, 0.6) is 0 Å². The first kappa shape index (κ1) is 22.0. The maximum Gasteiger partial charge on any atom is 0.325 e. The van der Waals surface area contributed by atoms with Crippen LogP contribution in [0.4, 0.5) is 10.5 Å². The molecule has 2 heterocycles. The highest BCUT2D eigenvalue weighted by Crippen LogP contribution is 2.23. The van der Waals surface area contributed by atoms with Crippen LogP contribution in [-0.2, 0) is 26.0 Å². The zero-order valence-corrected chi connectivity index (χ0v) is 18.2. The monoisotopic (exact) mass is 456 g/mol. The Balaban J connectivity index is 1.39. The minimum Gasteiger partial charge on any atom is -0.325 e. The van der Waals surface area contributed by atoms with Gasteiger partial charge in [-0.3, -0.25) is 14.5 Å². The van der Waals surface area contributed by atoms with Crippen LogP contribution >= 0.6 is 0 Å². The van der Waals surface area contributed by atoms with Gasteiger partial charge in [0, 0.05) is 25.2 Å². The van der Waals surface area contributed by atoms with Crippen LogP contribution in [-0.4, -0.2) is 61.1 Å². The van der Waals surface area contributed by atoms with Crippen LogP contribution < -0.4 is 10.6 Å². The van der Waals surface area contributed by atoms with Gasteiger partial charge in [0.15, 0.2) is 0 Å². The van der Waals surface area contributed by atoms with E-state index in [0.29, 0.717) is 19.5 Å². The van der Waals surface area contributed by atoms with Gasteiger partial charge in [0.05, 0.1) is 4.90 Å². The third kappa shape index (κ3) is 4.66. The van der Waals surface area contributed by atoms with Crippen molar-refractivity contribution in [3.63, 3.8) is 0 Å². The predicted molar refractivity (Wildman–Crippen MR) is 117 cm³/mol. The van der Waals surface area contributed by atoms with Crippen LogP contribution in [0.1, 0.15) is 18.4 Å².